The molecular weight excluding hydrogens is 320 g/mol. The van der Waals surface area contributed by atoms with E-state index in [9.17, 15) is 9.59 Å². The van der Waals surface area contributed by atoms with Crippen LogP contribution >= 0.6 is 0 Å². The fourth-order valence-electron chi connectivity index (χ4n) is 2.52. The summed E-state index contributed by atoms with van der Waals surface area (Å²) < 4.78 is 5.67. The first-order valence-electron chi connectivity index (χ1n) is 8.96. The number of amides is 2. The molecule has 1 heterocycles. The lowest BCUT2D eigenvalue weighted by Gasteiger charge is -2.21. The van der Waals surface area contributed by atoms with Gasteiger partial charge < -0.3 is 15.4 Å². The van der Waals surface area contributed by atoms with Gasteiger partial charge >= 0.3 is 0 Å². The van der Waals surface area contributed by atoms with Crippen LogP contribution in [0, 0.1) is 11.8 Å². The lowest BCUT2D eigenvalue weighted by Crippen LogP contribution is -2.43. The van der Waals surface area contributed by atoms with Gasteiger partial charge in [-0.2, -0.15) is 0 Å². The van der Waals surface area contributed by atoms with Crippen LogP contribution in [0.3, 0.4) is 0 Å². The molecule has 7 nitrogen and oxygen atoms in total. The number of aromatic nitrogens is 2. The number of nitrogens with one attached hydrogen (secondary N) is 2. The van der Waals surface area contributed by atoms with Crippen molar-refractivity contribution in [2.24, 2.45) is 11.8 Å². The predicted molar refractivity (Wildman–Crippen MR) is 93.9 cm³/mol. The van der Waals surface area contributed by atoms with Crippen LogP contribution < -0.4 is 10.6 Å². The molecule has 1 aromatic rings. The Labute approximate surface area is 149 Å². The molecule has 2 amide bonds. The zero-order valence-corrected chi connectivity index (χ0v) is 15.0. The molecule has 2 rings (SSSR count). The summed E-state index contributed by atoms with van der Waals surface area (Å²) in [5.41, 5.74) is 0.197. The van der Waals surface area contributed by atoms with E-state index in [-0.39, 0.29) is 24.2 Å². The monoisotopic (exact) mass is 348 g/mol. The smallest absolute Gasteiger partial charge is 0.271 e. The Balaban J connectivity index is 1.70. The van der Waals surface area contributed by atoms with Crippen molar-refractivity contribution in [2.75, 3.05) is 19.8 Å². The van der Waals surface area contributed by atoms with E-state index < -0.39 is 5.91 Å². The molecule has 1 atom stereocenters. The average molecular weight is 348 g/mol. The zero-order valence-electron chi connectivity index (χ0n) is 15.0. The fraction of sp³-hybridized carbons (Fsp3) is 0.667. The van der Waals surface area contributed by atoms with Crippen molar-refractivity contribution >= 4 is 11.8 Å². The van der Waals surface area contributed by atoms with Gasteiger partial charge in [0.1, 0.15) is 5.69 Å². The van der Waals surface area contributed by atoms with Crippen molar-refractivity contribution in [3.8, 4) is 0 Å². The van der Waals surface area contributed by atoms with Crippen LogP contribution in [0.1, 0.15) is 50.0 Å². The molecule has 0 saturated heterocycles. The largest absolute Gasteiger partial charge is 0.381 e. The molecular formula is C18H28N4O3. The van der Waals surface area contributed by atoms with E-state index in [1.165, 1.54) is 31.4 Å². The Kier molecular flexibility index (Phi) is 7.78. The molecule has 1 unspecified atom stereocenters. The van der Waals surface area contributed by atoms with Gasteiger partial charge in [0.2, 0.25) is 5.91 Å². The molecule has 1 aliphatic rings. The first-order valence-corrected chi connectivity index (χ1v) is 8.96. The second kappa shape index (κ2) is 10.1. The van der Waals surface area contributed by atoms with Gasteiger partial charge in [-0.05, 0) is 37.5 Å². The maximum Gasteiger partial charge on any atom is 0.271 e. The van der Waals surface area contributed by atoms with Crippen LogP contribution in [0.5, 0.6) is 0 Å². The Morgan fingerprint density at radius 3 is 2.76 bits per heavy atom. The molecule has 2 N–H and O–H groups in total. The van der Waals surface area contributed by atoms with Gasteiger partial charge in [-0.3, -0.25) is 14.6 Å². The lowest BCUT2D eigenvalue weighted by atomic mass is 10.0. The predicted octanol–water partition coefficient (Wildman–Crippen LogP) is 1.55. The molecule has 1 aliphatic carbocycles. The molecule has 25 heavy (non-hydrogen) atoms. The van der Waals surface area contributed by atoms with E-state index in [1.807, 2.05) is 0 Å². The highest BCUT2D eigenvalue weighted by molar-refractivity contribution is 5.94. The topological polar surface area (TPSA) is 93.2 Å². The third-order valence-electron chi connectivity index (χ3n) is 3.99. The number of carbonyl (C=O) groups is 2. The van der Waals surface area contributed by atoms with Crippen LogP contribution in [0.15, 0.2) is 18.6 Å². The van der Waals surface area contributed by atoms with Crippen LogP contribution in [-0.4, -0.2) is 47.6 Å². The van der Waals surface area contributed by atoms with Crippen LogP contribution in [0.25, 0.3) is 0 Å². The summed E-state index contributed by atoms with van der Waals surface area (Å²) in [5, 5.41) is 5.55. The summed E-state index contributed by atoms with van der Waals surface area (Å²) >= 11 is 0. The summed E-state index contributed by atoms with van der Waals surface area (Å²) in [6.45, 7) is 5.66. The lowest BCUT2D eigenvalue weighted by molar-refractivity contribution is -0.121. The number of carbonyl (C=O) groups excluding carboxylic acids is 2. The average Bonchev–Trinajstić information content (AvgIpc) is 3.41. The molecule has 0 aliphatic heterocycles. The van der Waals surface area contributed by atoms with Gasteiger partial charge in [-0.1, -0.05) is 13.8 Å². The Morgan fingerprint density at radius 2 is 2.12 bits per heavy atom. The van der Waals surface area contributed by atoms with Crippen LogP contribution in [0.4, 0.5) is 0 Å². The van der Waals surface area contributed by atoms with E-state index in [2.05, 4.69) is 34.4 Å². The van der Waals surface area contributed by atoms with Gasteiger partial charge in [-0.15, -0.1) is 0 Å². The third kappa shape index (κ3) is 8.07. The highest BCUT2D eigenvalue weighted by atomic mass is 16.5. The van der Waals surface area contributed by atoms with E-state index in [0.29, 0.717) is 12.5 Å². The van der Waals surface area contributed by atoms with Gasteiger partial charge in [0.15, 0.2) is 0 Å². The molecule has 0 spiro atoms. The standard InChI is InChI=1S/C18H28N4O3/c1-13(2)9-15(5-8-25-12-14-3-4-14)22-17(23)11-21-18(24)16-10-19-6-7-20-16/h6-7,10,13-15H,3-5,8-9,11-12H2,1-2H3,(H,21,24)(H,22,23). The highest BCUT2D eigenvalue weighted by Crippen LogP contribution is 2.28. The Hall–Kier alpha value is -2.02. The first-order chi connectivity index (χ1) is 12.0. The van der Waals surface area contributed by atoms with Crippen molar-refractivity contribution in [1.82, 2.24) is 20.6 Å². The van der Waals surface area contributed by atoms with Crippen LogP contribution in [-0.2, 0) is 9.53 Å². The minimum Gasteiger partial charge on any atom is -0.381 e. The normalized spacial score (nSPS) is 15.0. The number of rotatable bonds is 11. The van der Waals surface area contributed by atoms with Gasteiger partial charge in [-0.25, -0.2) is 4.98 Å². The summed E-state index contributed by atoms with van der Waals surface area (Å²) in [6.07, 6.45) is 8.52. The van der Waals surface area contributed by atoms with Crippen molar-refractivity contribution in [2.45, 2.75) is 45.6 Å². The molecule has 0 bridgehead atoms. The molecule has 1 fully saturated rings. The van der Waals surface area contributed by atoms with Crippen LogP contribution in [0.2, 0.25) is 0 Å². The molecule has 138 valence electrons. The van der Waals surface area contributed by atoms with E-state index >= 15 is 0 Å². The third-order valence-corrected chi connectivity index (χ3v) is 3.99. The summed E-state index contributed by atoms with van der Waals surface area (Å²) in [6, 6.07) is 0.0557. The van der Waals surface area contributed by atoms with Crippen molar-refractivity contribution in [1.29, 1.82) is 0 Å². The molecule has 0 aromatic carbocycles. The zero-order chi connectivity index (χ0) is 18.1. The van der Waals surface area contributed by atoms with E-state index in [1.54, 1.807) is 0 Å². The highest BCUT2D eigenvalue weighted by Gasteiger charge is 2.21. The fourth-order valence-corrected chi connectivity index (χ4v) is 2.52. The van der Waals surface area contributed by atoms with E-state index in [0.717, 1.165) is 25.4 Å². The molecule has 0 radical (unpaired) electrons. The second-order valence-electron chi connectivity index (χ2n) is 6.97. The number of hydrogen-bond donors (Lipinski definition) is 2. The van der Waals surface area contributed by atoms with E-state index in [4.69, 9.17) is 4.74 Å². The molecule has 1 saturated carbocycles. The minimum absolute atomic E-state index is 0.0557. The Bertz CT molecular complexity index is 547. The number of ether oxygens (including phenoxy) is 1. The SMILES string of the molecule is CC(C)CC(CCOCC1CC1)NC(=O)CNC(=O)c1cnccn1. The van der Waals surface area contributed by atoms with Crippen molar-refractivity contribution in [3.63, 3.8) is 0 Å². The number of nitrogens with zero attached hydrogens (tertiary/aromatic N) is 2. The summed E-state index contributed by atoms with van der Waals surface area (Å²) in [4.78, 5) is 31.7. The quantitative estimate of drug-likeness (QED) is 0.592. The van der Waals surface area contributed by atoms with Crippen molar-refractivity contribution < 1.29 is 14.3 Å². The minimum atomic E-state index is -0.406. The first kappa shape index (κ1) is 19.3. The van der Waals surface area contributed by atoms with Gasteiger partial charge in [0, 0.05) is 31.6 Å². The van der Waals surface area contributed by atoms with Gasteiger partial charge in [0.05, 0.1) is 12.7 Å². The second-order valence-corrected chi connectivity index (χ2v) is 6.97. The Morgan fingerprint density at radius 1 is 1.32 bits per heavy atom. The molecule has 1 aromatic heterocycles. The number of hydrogen-bond acceptors (Lipinski definition) is 5. The molecule has 7 heteroatoms. The summed E-state index contributed by atoms with van der Waals surface area (Å²) in [5.74, 6) is 0.610. The van der Waals surface area contributed by atoms with Crippen molar-refractivity contribution in [3.05, 3.63) is 24.3 Å². The maximum atomic E-state index is 12.1. The maximum absolute atomic E-state index is 12.1. The summed E-state index contributed by atoms with van der Waals surface area (Å²) in [7, 11) is 0. The van der Waals surface area contributed by atoms with Gasteiger partial charge in [0.25, 0.3) is 5.91 Å².